The second kappa shape index (κ2) is 2.76. The SMILES string of the molecule is CN(C)S(=O)(=O)n1ccc(N)n1. The lowest BCUT2D eigenvalue weighted by Gasteiger charge is -2.09. The zero-order chi connectivity index (χ0) is 9.35. The third-order valence-electron chi connectivity index (χ3n) is 1.28. The van der Waals surface area contributed by atoms with E-state index in [9.17, 15) is 8.42 Å². The van der Waals surface area contributed by atoms with Gasteiger partial charge in [0.1, 0.15) is 5.82 Å². The highest BCUT2D eigenvalue weighted by Gasteiger charge is 2.16. The molecule has 0 saturated carbocycles. The van der Waals surface area contributed by atoms with Gasteiger partial charge in [0, 0.05) is 26.4 Å². The van der Waals surface area contributed by atoms with E-state index in [1.165, 1.54) is 26.4 Å². The maximum Gasteiger partial charge on any atom is 0.322 e. The van der Waals surface area contributed by atoms with Crippen LogP contribution in [0.1, 0.15) is 0 Å². The number of hydrogen-bond donors (Lipinski definition) is 1. The standard InChI is InChI=1S/C5H10N4O2S/c1-8(2)12(10,11)9-4-3-5(6)7-9/h3-4H,1-2H3,(H2,6,7). The van der Waals surface area contributed by atoms with Crippen molar-refractivity contribution in [3.05, 3.63) is 12.3 Å². The van der Waals surface area contributed by atoms with Gasteiger partial charge in [-0.05, 0) is 0 Å². The van der Waals surface area contributed by atoms with Gasteiger partial charge in [0.2, 0.25) is 0 Å². The molecule has 0 fully saturated rings. The Morgan fingerprint density at radius 2 is 2.17 bits per heavy atom. The van der Waals surface area contributed by atoms with Gasteiger partial charge in [0.25, 0.3) is 0 Å². The summed E-state index contributed by atoms with van der Waals surface area (Å²) in [5, 5.41) is 3.57. The third-order valence-corrected chi connectivity index (χ3v) is 2.88. The minimum absolute atomic E-state index is 0.181. The van der Waals surface area contributed by atoms with Crippen molar-refractivity contribution in [2.24, 2.45) is 0 Å². The molecule has 0 radical (unpaired) electrons. The quantitative estimate of drug-likeness (QED) is 0.656. The molecule has 1 rings (SSSR count). The summed E-state index contributed by atoms with van der Waals surface area (Å²) < 4.78 is 24.5. The second-order valence-corrected chi connectivity index (χ2v) is 4.40. The molecule has 68 valence electrons. The fourth-order valence-corrected chi connectivity index (χ4v) is 1.36. The Hall–Kier alpha value is -1.08. The van der Waals surface area contributed by atoms with Crippen LogP contribution in [0.5, 0.6) is 0 Å². The van der Waals surface area contributed by atoms with Crippen molar-refractivity contribution in [2.75, 3.05) is 19.8 Å². The van der Waals surface area contributed by atoms with Crippen LogP contribution >= 0.6 is 0 Å². The summed E-state index contributed by atoms with van der Waals surface area (Å²) in [5.74, 6) is 0.181. The molecule has 1 aromatic rings. The van der Waals surface area contributed by atoms with Crippen molar-refractivity contribution < 1.29 is 8.42 Å². The summed E-state index contributed by atoms with van der Waals surface area (Å²) in [5.41, 5.74) is 5.26. The molecule has 0 bridgehead atoms. The van der Waals surface area contributed by atoms with Gasteiger partial charge in [-0.2, -0.15) is 16.8 Å². The van der Waals surface area contributed by atoms with Crippen LogP contribution < -0.4 is 5.73 Å². The van der Waals surface area contributed by atoms with E-state index in [1.54, 1.807) is 0 Å². The van der Waals surface area contributed by atoms with Gasteiger partial charge >= 0.3 is 10.2 Å². The highest BCUT2D eigenvalue weighted by atomic mass is 32.2. The molecule has 1 heterocycles. The number of aromatic nitrogens is 2. The van der Waals surface area contributed by atoms with Gasteiger partial charge in [-0.3, -0.25) is 0 Å². The molecule has 2 N–H and O–H groups in total. The summed E-state index contributed by atoms with van der Waals surface area (Å²) >= 11 is 0. The second-order valence-electron chi connectivity index (χ2n) is 2.40. The molecule has 1 aromatic heterocycles. The first kappa shape index (κ1) is 9.01. The van der Waals surface area contributed by atoms with Crippen molar-refractivity contribution in [2.45, 2.75) is 0 Å². The molecular formula is C5H10N4O2S. The van der Waals surface area contributed by atoms with Crippen LogP contribution in [0.4, 0.5) is 5.82 Å². The van der Waals surface area contributed by atoms with Gasteiger partial charge < -0.3 is 5.73 Å². The molecule has 0 aromatic carbocycles. The van der Waals surface area contributed by atoms with Crippen molar-refractivity contribution in [3.63, 3.8) is 0 Å². The number of nitrogens with zero attached hydrogens (tertiary/aromatic N) is 3. The first-order valence-corrected chi connectivity index (χ1v) is 4.58. The molecule has 0 amide bonds. The zero-order valence-electron chi connectivity index (χ0n) is 6.80. The normalized spacial score (nSPS) is 12.2. The van der Waals surface area contributed by atoms with Gasteiger partial charge in [0.05, 0.1) is 0 Å². The van der Waals surface area contributed by atoms with Crippen LogP contribution in [-0.4, -0.2) is 36.0 Å². The number of nitrogen functional groups attached to an aromatic ring is 1. The third kappa shape index (κ3) is 1.41. The predicted molar refractivity (Wildman–Crippen MR) is 44.6 cm³/mol. The molecule has 12 heavy (non-hydrogen) atoms. The van der Waals surface area contributed by atoms with E-state index < -0.39 is 10.2 Å². The van der Waals surface area contributed by atoms with Gasteiger partial charge in [0.15, 0.2) is 0 Å². The molecule has 0 aliphatic heterocycles. The molecule has 7 heteroatoms. The monoisotopic (exact) mass is 190 g/mol. The Balaban J connectivity index is 3.15. The highest BCUT2D eigenvalue weighted by molar-refractivity contribution is 7.87. The Morgan fingerprint density at radius 3 is 2.50 bits per heavy atom. The fraction of sp³-hybridized carbons (Fsp3) is 0.400. The topological polar surface area (TPSA) is 81.2 Å². The first-order valence-electron chi connectivity index (χ1n) is 3.19. The molecule has 0 aliphatic carbocycles. The Morgan fingerprint density at radius 1 is 1.58 bits per heavy atom. The molecule has 6 nitrogen and oxygen atoms in total. The minimum atomic E-state index is -3.50. The fourth-order valence-electron chi connectivity index (χ4n) is 0.616. The maximum atomic E-state index is 11.3. The van der Waals surface area contributed by atoms with E-state index in [0.29, 0.717) is 0 Å². The zero-order valence-corrected chi connectivity index (χ0v) is 7.61. The van der Waals surface area contributed by atoms with Gasteiger partial charge in [-0.1, -0.05) is 0 Å². The largest absolute Gasteiger partial charge is 0.382 e. The van der Waals surface area contributed by atoms with Crippen molar-refractivity contribution >= 4 is 16.0 Å². The Bertz CT molecular complexity index is 367. The number of hydrogen-bond acceptors (Lipinski definition) is 4. The van der Waals surface area contributed by atoms with E-state index in [4.69, 9.17) is 5.73 Å². The molecule has 0 saturated heterocycles. The number of anilines is 1. The van der Waals surface area contributed by atoms with E-state index in [1.807, 2.05) is 0 Å². The number of rotatable bonds is 2. The smallest absolute Gasteiger partial charge is 0.322 e. The predicted octanol–water partition coefficient (Wildman–Crippen LogP) is -0.880. The van der Waals surface area contributed by atoms with E-state index >= 15 is 0 Å². The van der Waals surface area contributed by atoms with E-state index in [-0.39, 0.29) is 5.82 Å². The van der Waals surface area contributed by atoms with Crippen LogP contribution in [0.3, 0.4) is 0 Å². The molecule has 0 atom stereocenters. The minimum Gasteiger partial charge on any atom is -0.382 e. The van der Waals surface area contributed by atoms with Crippen LogP contribution in [0.25, 0.3) is 0 Å². The average molecular weight is 190 g/mol. The van der Waals surface area contributed by atoms with Gasteiger partial charge in [-0.15, -0.1) is 5.10 Å². The summed E-state index contributed by atoms with van der Waals surface area (Å²) in [7, 11) is -0.650. The number of nitrogens with two attached hydrogens (primary N) is 1. The Labute approximate surface area is 70.8 Å². The summed E-state index contributed by atoms with van der Waals surface area (Å²) in [4.78, 5) is 0. The van der Waals surface area contributed by atoms with Gasteiger partial charge in [-0.25, -0.2) is 0 Å². The van der Waals surface area contributed by atoms with Crippen LogP contribution in [-0.2, 0) is 10.2 Å². The summed E-state index contributed by atoms with van der Waals surface area (Å²) in [6.07, 6.45) is 1.30. The van der Waals surface area contributed by atoms with Crippen LogP contribution in [0.2, 0.25) is 0 Å². The molecule has 0 aliphatic rings. The molecule has 0 spiro atoms. The van der Waals surface area contributed by atoms with Crippen LogP contribution in [0.15, 0.2) is 12.3 Å². The summed E-state index contributed by atoms with van der Waals surface area (Å²) in [6, 6.07) is 1.42. The first-order chi connectivity index (χ1) is 5.44. The summed E-state index contributed by atoms with van der Waals surface area (Å²) in [6.45, 7) is 0. The van der Waals surface area contributed by atoms with Crippen molar-refractivity contribution in [1.82, 2.24) is 13.5 Å². The molecule has 0 unspecified atom stereocenters. The molecular weight excluding hydrogens is 180 g/mol. The lowest BCUT2D eigenvalue weighted by Crippen LogP contribution is -2.29. The van der Waals surface area contributed by atoms with Crippen molar-refractivity contribution in [3.8, 4) is 0 Å². The van der Waals surface area contributed by atoms with E-state index in [0.717, 1.165) is 8.39 Å². The lowest BCUT2D eigenvalue weighted by molar-refractivity contribution is 0.504. The maximum absolute atomic E-state index is 11.3. The van der Waals surface area contributed by atoms with Crippen molar-refractivity contribution in [1.29, 1.82) is 0 Å². The Kier molecular flexibility index (Phi) is 2.07. The highest BCUT2D eigenvalue weighted by Crippen LogP contribution is 2.02. The van der Waals surface area contributed by atoms with E-state index in [2.05, 4.69) is 5.10 Å². The van der Waals surface area contributed by atoms with Crippen LogP contribution in [0, 0.1) is 0 Å². The average Bonchev–Trinajstić information content (AvgIpc) is 2.35. The lowest BCUT2D eigenvalue weighted by atomic mass is 10.7.